The third-order valence-corrected chi connectivity index (χ3v) is 7.95. The molecule has 1 saturated heterocycles. The van der Waals surface area contributed by atoms with Gasteiger partial charge in [-0.2, -0.15) is 0 Å². The Labute approximate surface area is 219 Å². The van der Waals surface area contributed by atoms with Crippen molar-refractivity contribution in [2.24, 2.45) is 0 Å². The van der Waals surface area contributed by atoms with Crippen LogP contribution < -0.4 is 14.8 Å². The minimum Gasteiger partial charge on any atom is -0.493 e. The molecule has 0 saturated carbocycles. The number of nitrogens with zero attached hydrogens (tertiary/aromatic N) is 2. The number of carbonyl (C=O) groups is 2. The molecule has 1 fully saturated rings. The molecule has 2 amide bonds. The van der Waals surface area contributed by atoms with Crippen LogP contribution in [-0.2, 0) is 11.2 Å². The molecule has 9 heteroatoms. The second-order valence-corrected chi connectivity index (χ2v) is 10.1. The van der Waals surface area contributed by atoms with Gasteiger partial charge in [-0.3, -0.25) is 9.59 Å². The summed E-state index contributed by atoms with van der Waals surface area (Å²) in [7, 11) is 3.14. The minimum atomic E-state index is -0.260. The molecule has 2 N–H and O–H groups in total. The molecule has 1 aliphatic heterocycles. The van der Waals surface area contributed by atoms with E-state index in [1.165, 1.54) is 11.3 Å². The maximum Gasteiger partial charge on any atom is 0.275 e. The van der Waals surface area contributed by atoms with Crippen molar-refractivity contribution < 1.29 is 19.1 Å². The smallest absolute Gasteiger partial charge is 0.275 e. The van der Waals surface area contributed by atoms with Gasteiger partial charge in [0.25, 0.3) is 5.91 Å². The number of H-pyrrole nitrogens is 1. The van der Waals surface area contributed by atoms with Crippen LogP contribution in [0.15, 0.2) is 48.0 Å². The Balaban J connectivity index is 1.18. The molecule has 8 nitrogen and oxygen atoms in total. The van der Waals surface area contributed by atoms with Crippen LogP contribution in [-0.4, -0.2) is 54.0 Å². The zero-order valence-corrected chi connectivity index (χ0v) is 22.0. The zero-order valence-electron chi connectivity index (χ0n) is 21.2. The van der Waals surface area contributed by atoms with Gasteiger partial charge in [0.05, 0.1) is 25.6 Å². The summed E-state index contributed by atoms with van der Waals surface area (Å²) in [5, 5.41) is 6.78. The highest BCUT2D eigenvalue weighted by Crippen LogP contribution is 2.34. The number of rotatable bonds is 7. The number of benzene rings is 2. The van der Waals surface area contributed by atoms with Gasteiger partial charge < -0.3 is 24.7 Å². The van der Waals surface area contributed by atoms with Gasteiger partial charge in [0, 0.05) is 53.2 Å². The number of aromatic amines is 1. The number of hydrogen-bond acceptors (Lipinski definition) is 6. The second kappa shape index (κ2) is 10.6. The molecular weight excluding hydrogens is 488 g/mol. The number of nitrogens with one attached hydrogen (secondary N) is 2. The molecule has 37 heavy (non-hydrogen) atoms. The highest BCUT2D eigenvalue weighted by Gasteiger charge is 2.27. The van der Waals surface area contributed by atoms with Crippen molar-refractivity contribution in [2.75, 3.05) is 32.6 Å². The van der Waals surface area contributed by atoms with E-state index in [0.717, 1.165) is 39.9 Å². The van der Waals surface area contributed by atoms with Crippen molar-refractivity contribution in [1.82, 2.24) is 14.9 Å². The highest BCUT2D eigenvalue weighted by molar-refractivity contribution is 7.10. The molecule has 0 bridgehead atoms. The Morgan fingerprint density at radius 1 is 1.14 bits per heavy atom. The van der Waals surface area contributed by atoms with Gasteiger partial charge in [-0.15, -0.1) is 11.3 Å². The van der Waals surface area contributed by atoms with Gasteiger partial charge in [0.15, 0.2) is 11.5 Å². The van der Waals surface area contributed by atoms with Gasteiger partial charge in [0.2, 0.25) is 5.91 Å². The minimum absolute atomic E-state index is 0.146. The lowest BCUT2D eigenvalue weighted by molar-refractivity contribution is -0.131. The number of carbonyl (C=O) groups excluding carboxylic acids is 2. The van der Waals surface area contributed by atoms with Crippen molar-refractivity contribution in [2.45, 2.75) is 32.1 Å². The molecule has 2 aromatic heterocycles. The molecule has 0 aliphatic carbocycles. The predicted octanol–water partition coefficient (Wildman–Crippen LogP) is 5.15. The lowest BCUT2D eigenvalue weighted by Gasteiger charge is -2.31. The SMILES string of the molecule is COc1cc(C)c(NC(=O)c2csc(C3CCN(C(=O)Cc4c[nH]c5ccccc45)CC3)n2)cc1OC. The summed E-state index contributed by atoms with van der Waals surface area (Å²) >= 11 is 1.50. The van der Waals surface area contributed by atoms with Crippen LogP contribution in [0.5, 0.6) is 11.5 Å². The number of thiazole rings is 1. The number of methoxy groups -OCH3 is 2. The molecule has 0 radical (unpaired) electrons. The average molecular weight is 519 g/mol. The first kappa shape index (κ1) is 24.8. The Morgan fingerprint density at radius 2 is 1.86 bits per heavy atom. The zero-order chi connectivity index (χ0) is 25.9. The van der Waals surface area contributed by atoms with E-state index in [9.17, 15) is 9.59 Å². The van der Waals surface area contributed by atoms with Crippen LogP contribution in [0.2, 0.25) is 0 Å². The average Bonchev–Trinajstić information content (AvgIpc) is 3.58. The third kappa shape index (κ3) is 5.17. The number of likely N-dealkylation sites (tertiary alicyclic amines) is 1. The summed E-state index contributed by atoms with van der Waals surface area (Å²) in [5.41, 5.74) is 3.99. The van der Waals surface area contributed by atoms with Gasteiger partial charge >= 0.3 is 0 Å². The van der Waals surface area contributed by atoms with Crippen molar-refractivity contribution in [1.29, 1.82) is 0 Å². The van der Waals surface area contributed by atoms with E-state index < -0.39 is 0 Å². The van der Waals surface area contributed by atoms with Crippen LogP contribution in [0.1, 0.15) is 45.4 Å². The largest absolute Gasteiger partial charge is 0.493 e. The molecule has 2 aromatic carbocycles. The Hall–Kier alpha value is -3.85. The van der Waals surface area contributed by atoms with Crippen molar-refractivity contribution in [3.8, 4) is 11.5 Å². The molecule has 0 spiro atoms. The number of aryl methyl sites for hydroxylation is 1. The lowest BCUT2D eigenvalue weighted by Crippen LogP contribution is -2.38. The number of piperidine rings is 1. The van der Waals surface area contributed by atoms with E-state index in [1.807, 2.05) is 48.4 Å². The molecule has 4 aromatic rings. The number of ether oxygens (including phenoxy) is 2. The third-order valence-electron chi connectivity index (χ3n) is 6.95. The van der Waals surface area contributed by atoms with Crippen molar-refractivity contribution in [3.63, 3.8) is 0 Å². The molecule has 0 unspecified atom stereocenters. The van der Waals surface area contributed by atoms with Crippen LogP contribution in [0.4, 0.5) is 5.69 Å². The van der Waals surface area contributed by atoms with Gasteiger partial charge in [-0.1, -0.05) is 18.2 Å². The van der Waals surface area contributed by atoms with E-state index in [4.69, 9.17) is 9.47 Å². The molecule has 1 aliphatic rings. The maximum absolute atomic E-state index is 13.0. The molecule has 3 heterocycles. The summed E-state index contributed by atoms with van der Waals surface area (Å²) in [5.74, 6) is 1.29. The standard InChI is InChI=1S/C28H30N4O4S/c1-17-12-24(35-2)25(36-3)14-22(17)30-27(34)23-16-37-28(31-23)18-8-10-32(11-9-18)26(33)13-19-15-29-21-7-5-4-6-20(19)21/h4-7,12,14-16,18,29H,8-11,13H2,1-3H3,(H,30,34). The Kier molecular flexibility index (Phi) is 7.14. The first-order valence-electron chi connectivity index (χ1n) is 12.3. The lowest BCUT2D eigenvalue weighted by atomic mass is 9.97. The number of fused-ring (bicyclic) bond motifs is 1. The second-order valence-electron chi connectivity index (χ2n) is 9.24. The summed E-state index contributed by atoms with van der Waals surface area (Å²) in [6, 6.07) is 11.6. The van der Waals surface area contributed by atoms with Crippen molar-refractivity contribution >= 4 is 39.7 Å². The van der Waals surface area contributed by atoms with E-state index in [0.29, 0.717) is 42.4 Å². The van der Waals surface area contributed by atoms with Gasteiger partial charge in [-0.25, -0.2) is 4.98 Å². The fourth-order valence-electron chi connectivity index (χ4n) is 4.81. The van der Waals surface area contributed by atoms with E-state index in [-0.39, 0.29) is 17.7 Å². The summed E-state index contributed by atoms with van der Waals surface area (Å²) in [4.78, 5) is 35.7. The van der Waals surface area contributed by atoms with E-state index in [1.54, 1.807) is 25.7 Å². The molecule has 192 valence electrons. The van der Waals surface area contributed by atoms with Crippen LogP contribution >= 0.6 is 11.3 Å². The number of para-hydroxylation sites is 1. The Bertz CT molecular complexity index is 1440. The Morgan fingerprint density at radius 3 is 2.62 bits per heavy atom. The topological polar surface area (TPSA) is 96.6 Å². The van der Waals surface area contributed by atoms with Crippen molar-refractivity contribution in [3.05, 3.63) is 69.8 Å². The first-order valence-corrected chi connectivity index (χ1v) is 13.2. The fraction of sp³-hybridized carbons (Fsp3) is 0.321. The van der Waals surface area contributed by atoms with Gasteiger partial charge in [-0.05, 0) is 43.0 Å². The molecule has 5 rings (SSSR count). The molecule has 0 atom stereocenters. The van der Waals surface area contributed by atoms with E-state index in [2.05, 4.69) is 15.3 Å². The van der Waals surface area contributed by atoms with Crippen LogP contribution in [0.25, 0.3) is 10.9 Å². The number of aromatic nitrogens is 2. The van der Waals surface area contributed by atoms with Crippen LogP contribution in [0, 0.1) is 6.92 Å². The first-order chi connectivity index (χ1) is 18.0. The number of hydrogen-bond donors (Lipinski definition) is 2. The number of anilines is 1. The quantitative estimate of drug-likeness (QED) is 0.353. The summed E-state index contributed by atoms with van der Waals surface area (Å²) in [6.45, 7) is 3.28. The maximum atomic E-state index is 13.0. The normalized spacial score (nSPS) is 14.1. The highest BCUT2D eigenvalue weighted by atomic mass is 32.1. The predicted molar refractivity (Wildman–Crippen MR) is 145 cm³/mol. The summed E-state index contributed by atoms with van der Waals surface area (Å²) < 4.78 is 10.7. The number of amides is 2. The molecular formula is C28H30N4O4S. The van der Waals surface area contributed by atoms with Gasteiger partial charge in [0.1, 0.15) is 5.69 Å². The van der Waals surface area contributed by atoms with E-state index >= 15 is 0 Å². The van der Waals surface area contributed by atoms with Crippen LogP contribution in [0.3, 0.4) is 0 Å². The monoisotopic (exact) mass is 518 g/mol. The summed E-state index contributed by atoms with van der Waals surface area (Å²) in [6.07, 6.45) is 4.00. The fourth-order valence-corrected chi connectivity index (χ4v) is 5.78.